The number of hydrogen-bond donors (Lipinski definition) is 0. The van der Waals surface area contributed by atoms with Crippen molar-refractivity contribution in [2.45, 2.75) is 32.6 Å². The summed E-state index contributed by atoms with van der Waals surface area (Å²) in [6, 6.07) is 0. The minimum Gasteiger partial charge on any atom is -0.191 e. The number of halogens is 2. The third-order valence-electron chi connectivity index (χ3n) is 1.97. The topological polar surface area (TPSA) is 0 Å². The van der Waals surface area contributed by atoms with Crippen LogP contribution in [0.15, 0.2) is 0 Å². The Morgan fingerprint density at radius 3 is 2.20 bits per heavy atom. The van der Waals surface area contributed by atoms with E-state index in [-0.39, 0.29) is 0 Å². The Hall–Kier alpha value is -0.580. The molecule has 0 radical (unpaired) electrons. The van der Waals surface area contributed by atoms with Gasteiger partial charge in [0.2, 0.25) is 0 Å². The first-order valence-electron chi connectivity index (χ1n) is 3.34. The molecule has 0 amide bonds. The van der Waals surface area contributed by atoms with E-state index in [0.717, 1.165) is 0 Å². The molecule has 10 heavy (non-hydrogen) atoms. The molecular weight excluding hydrogens is 134 g/mol. The van der Waals surface area contributed by atoms with Crippen molar-refractivity contribution < 1.29 is 8.78 Å². The van der Waals surface area contributed by atoms with E-state index < -0.39 is 11.3 Å². The highest BCUT2D eigenvalue weighted by atomic mass is 19.3. The molecule has 0 bridgehead atoms. The standard InChI is InChI=1S/C8H10F2/c1-7(2)5-3-4-6-8(7,9)10/h3,5H2,1-2H3. The van der Waals surface area contributed by atoms with E-state index >= 15 is 0 Å². The van der Waals surface area contributed by atoms with Crippen LogP contribution in [0, 0.1) is 17.3 Å². The van der Waals surface area contributed by atoms with Crippen LogP contribution < -0.4 is 0 Å². The lowest BCUT2D eigenvalue weighted by Crippen LogP contribution is -2.36. The zero-order chi connectivity index (χ0) is 7.83. The molecule has 0 saturated heterocycles. The summed E-state index contributed by atoms with van der Waals surface area (Å²) in [4.78, 5) is 0. The third-order valence-corrected chi connectivity index (χ3v) is 1.97. The predicted octanol–water partition coefficient (Wildman–Crippen LogP) is 2.45. The summed E-state index contributed by atoms with van der Waals surface area (Å²) < 4.78 is 25.6. The molecule has 0 saturated carbocycles. The highest BCUT2D eigenvalue weighted by molar-refractivity contribution is 5.18. The molecule has 0 N–H and O–H groups in total. The Bertz CT molecular complexity index is 193. The Morgan fingerprint density at radius 1 is 1.30 bits per heavy atom. The Kier molecular flexibility index (Phi) is 1.47. The smallest absolute Gasteiger partial charge is 0.191 e. The van der Waals surface area contributed by atoms with Crippen LogP contribution in [0.2, 0.25) is 0 Å². The maximum atomic E-state index is 12.8. The van der Waals surface area contributed by atoms with Gasteiger partial charge < -0.3 is 0 Å². The molecule has 0 aromatic carbocycles. The Balaban J connectivity index is 2.93. The quantitative estimate of drug-likeness (QED) is 0.458. The zero-order valence-corrected chi connectivity index (χ0v) is 6.17. The first-order valence-corrected chi connectivity index (χ1v) is 3.34. The van der Waals surface area contributed by atoms with Gasteiger partial charge in [0.15, 0.2) is 0 Å². The summed E-state index contributed by atoms with van der Waals surface area (Å²) in [6.07, 6.45) is 1.09. The summed E-state index contributed by atoms with van der Waals surface area (Å²) >= 11 is 0. The molecule has 0 aliphatic heterocycles. The van der Waals surface area contributed by atoms with E-state index in [1.165, 1.54) is 0 Å². The number of rotatable bonds is 0. The molecule has 56 valence electrons. The lowest BCUT2D eigenvalue weighted by molar-refractivity contribution is -0.0581. The van der Waals surface area contributed by atoms with Crippen LogP contribution in [-0.4, -0.2) is 5.92 Å². The number of alkyl halides is 2. The van der Waals surface area contributed by atoms with E-state index in [1.54, 1.807) is 13.8 Å². The molecule has 2 heteroatoms. The molecule has 1 aliphatic rings. The summed E-state index contributed by atoms with van der Waals surface area (Å²) in [5.74, 6) is 1.61. The van der Waals surface area contributed by atoms with Crippen LogP contribution in [0.25, 0.3) is 0 Å². The molecule has 1 rings (SSSR count). The molecule has 0 heterocycles. The van der Waals surface area contributed by atoms with Crippen LogP contribution in [0.5, 0.6) is 0 Å². The second-order valence-electron chi connectivity index (χ2n) is 3.26. The van der Waals surface area contributed by atoms with E-state index in [4.69, 9.17) is 0 Å². The third kappa shape index (κ3) is 1.01. The summed E-state index contributed by atoms with van der Waals surface area (Å²) in [7, 11) is 0. The maximum Gasteiger partial charge on any atom is 0.313 e. The van der Waals surface area contributed by atoms with Gasteiger partial charge in [-0.15, -0.1) is 0 Å². The lowest BCUT2D eigenvalue weighted by atomic mass is 9.79. The molecule has 0 spiro atoms. The normalized spacial score (nSPS) is 26.8. The van der Waals surface area contributed by atoms with Crippen LogP contribution in [0.1, 0.15) is 26.7 Å². The summed E-state index contributed by atoms with van der Waals surface area (Å²) in [6.45, 7) is 3.11. The average molecular weight is 144 g/mol. The van der Waals surface area contributed by atoms with E-state index in [0.29, 0.717) is 12.8 Å². The monoisotopic (exact) mass is 144 g/mol. The molecule has 0 unspecified atom stereocenters. The largest absolute Gasteiger partial charge is 0.313 e. The van der Waals surface area contributed by atoms with Gasteiger partial charge in [0, 0.05) is 11.8 Å². The van der Waals surface area contributed by atoms with Gasteiger partial charge in [0.1, 0.15) is 0 Å². The highest BCUT2D eigenvalue weighted by Gasteiger charge is 2.45. The summed E-state index contributed by atoms with van der Waals surface area (Å²) in [5.41, 5.74) is -0.932. The average Bonchev–Trinajstić information content (AvgIpc) is 1.77. The highest BCUT2D eigenvalue weighted by Crippen LogP contribution is 2.41. The van der Waals surface area contributed by atoms with Crippen LogP contribution in [0.3, 0.4) is 0 Å². The van der Waals surface area contributed by atoms with Crippen molar-refractivity contribution in [1.29, 1.82) is 0 Å². The van der Waals surface area contributed by atoms with Crippen molar-refractivity contribution in [2.24, 2.45) is 5.41 Å². The first kappa shape index (κ1) is 7.53. The molecule has 0 aromatic heterocycles. The van der Waals surface area contributed by atoms with Crippen molar-refractivity contribution >= 4 is 0 Å². The molecule has 0 fully saturated rings. The van der Waals surface area contributed by atoms with Crippen molar-refractivity contribution in [3.63, 3.8) is 0 Å². The minimum absolute atomic E-state index is 0.493. The minimum atomic E-state index is -2.79. The van der Waals surface area contributed by atoms with Crippen molar-refractivity contribution in [3.8, 4) is 11.8 Å². The zero-order valence-electron chi connectivity index (χ0n) is 6.17. The van der Waals surface area contributed by atoms with Crippen LogP contribution in [0.4, 0.5) is 8.78 Å². The van der Waals surface area contributed by atoms with Gasteiger partial charge in [-0.3, -0.25) is 0 Å². The SMILES string of the molecule is CC1(C)CCC#CC1(F)F. The van der Waals surface area contributed by atoms with Crippen molar-refractivity contribution in [1.82, 2.24) is 0 Å². The fourth-order valence-electron chi connectivity index (χ4n) is 0.875. The molecule has 0 nitrogen and oxygen atoms in total. The van der Waals surface area contributed by atoms with E-state index in [9.17, 15) is 8.78 Å². The molecule has 1 aliphatic carbocycles. The lowest BCUT2D eigenvalue weighted by Gasteiger charge is -2.31. The predicted molar refractivity (Wildman–Crippen MR) is 35.7 cm³/mol. The fourth-order valence-corrected chi connectivity index (χ4v) is 0.875. The second kappa shape index (κ2) is 1.95. The van der Waals surface area contributed by atoms with Gasteiger partial charge in [0.25, 0.3) is 0 Å². The molecule has 0 aromatic rings. The fraction of sp³-hybridized carbons (Fsp3) is 0.750. The second-order valence-corrected chi connectivity index (χ2v) is 3.26. The molecule has 0 atom stereocenters. The Labute approximate surface area is 59.6 Å². The maximum absolute atomic E-state index is 12.8. The van der Waals surface area contributed by atoms with Crippen molar-refractivity contribution in [2.75, 3.05) is 0 Å². The van der Waals surface area contributed by atoms with Gasteiger partial charge >= 0.3 is 5.92 Å². The van der Waals surface area contributed by atoms with Crippen LogP contribution in [-0.2, 0) is 0 Å². The summed E-state index contributed by atoms with van der Waals surface area (Å²) in [5, 5.41) is 0. The van der Waals surface area contributed by atoms with Gasteiger partial charge in [-0.25, -0.2) is 0 Å². The van der Waals surface area contributed by atoms with Crippen molar-refractivity contribution in [3.05, 3.63) is 0 Å². The van der Waals surface area contributed by atoms with Gasteiger partial charge in [-0.1, -0.05) is 19.8 Å². The van der Waals surface area contributed by atoms with Crippen LogP contribution >= 0.6 is 0 Å². The van der Waals surface area contributed by atoms with Gasteiger partial charge in [0.05, 0.1) is 0 Å². The molecular formula is C8H10F2. The Morgan fingerprint density at radius 2 is 1.90 bits per heavy atom. The van der Waals surface area contributed by atoms with E-state index in [1.807, 2.05) is 5.92 Å². The first-order chi connectivity index (χ1) is 4.46. The van der Waals surface area contributed by atoms with Gasteiger partial charge in [-0.05, 0) is 12.3 Å². The number of hydrogen-bond acceptors (Lipinski definition) is 0. The van der Waals surface area contributed by atoms with Gasteiger partial charge in [-0.2, -0.15) is 8.78 Å². The van der Waals surface area contributed by atoms with E-state index in [2.05, 4.69) is 5.92 Å².